The molecule has 5 heteroatoms. The van der Waals surface area contributed by atoms with Crippen LogP contribution in [0.2, 0.25) is 0 Å². The summed E-state index contributed by atoms with van der Waals surface area (Å²) in [6.45, 7) is 0.858. The van der Waals surface area contributed by atoms with Crippen LogP contribution in [-0.2, 0) is 7.05 Å². The zero-order valence-corrected chi connectivity index (χ0v) is 7.95. The van der Waals surface area contributed by atoms with Gasteiger partial charge in [0.25, 0.3) is 0 Å². The summed E-state index contributed by atoms with van der Waals surface area (Å²) in [7, 11) is 3.59. The van der Waals surface area contributed by atoms with Gasteiger partial charge in [-0.1, -0.05) is 5.21 Å². The largest absolute Gasteiger partial charge is 0.320 e. The summed E-state index contributed by atoms with van der Waals surface area (Å²) in [6.07, 6.45) is 2.89. The Kier molecular flexibility index (Phi) is 3.57. The number of rotatable bonds is 5. The molecule has 0 radical (unpaired) electrons. The zero-order valence-electron chi connectivity index (χ0n) is 7.95. The molecule has 72 valence electrons. The first-order chi connectivity index (χ1) is 6.25. The van der Waals surface area contributed by atoms with Gasteiger partial charge in [0, 0.05) is 13.5 Å². The van der Waals surface area contributed by atoms with Gasteiger partial charge in [-0.2, -0.15) is 0 Å². The molecule has 1 rings (SSSR count). The topological polar surface area (TPSA) is 59.8 Å². The maximum atomic E-state index is 11.5. The van der Waals surface area contributed by atoms with E-state index in [1.807, 2.05) is 7.05 Å². The van der Waals surface area contributed by atoms with Gasteiger partial charge in [-0.05, 0) is 20.0 Å². The van der Waals surface area contributed by atoms with Crippen molar-refractivity contribution in [3.05, 3.63) is 11.9 Å². The Bertz CT molecular complexity index is 281. The molecular weight excluding hydrogens is 168 g/mol. The molecule has 1 N–H and O–H groups in total. The van der Waals surface area contributed by atoms with Crippen LogP contribution in [0.5, 0.6) is 0 Å². The lowest BCUT2D eigenvalue weighted by Crippen LogP contribution is -2.12. The van der Waals surface area contributed by atoms with E-state index in [1.165, 1.54) is 10.9 Å². The second-order valence-electron chi connectivity index (χ2n) is 2.87. The van der Waals surface area contributed by atoms with Crippen molar-refractivity contribution in [2.24, 2.45) is 7.05 Å². The van der Waals surface area contributed by atoms with Gasteiger partial charge >= 0.3 is 0 Å². The van der Waals surface area contributed by atoms with Crippen molar-refractivity contribution in [2.45, 2.75) is 12.8 Å². The molecule has 1 aromatic heterocycles. The van der Waals surface area contributed by atoms with Gasteiger partial charge in [-0.3, -0.25) is 4.79 Å². The Morgan fingerprint density at radius 1 is 1.69 bits per heavy atom. The molecule has 1 heterocycles. The second kappa shape index (κ2) is 4.71. The third kappa shape index (κ3) is 2.62. The third-order valence-corrected chi connectivity index (χ3v) is 1.83. The van der Waals surface area contributed by atoms with Crippen LogP contribution in [0, 0.1) is 0 Å². The zero-order chi connectivity index (χ0) is 9.68. The highest BCUT2D eigenvalue weighted by atomic mass is 16.1. The molecule has 0 aliphatic rings. The fourth-order valence-electron chi connectivity index (χ4n) is 1.10. The average Bonchev–Trinajstić information content (AvgIpc) is 2.52. The van der Waals surface area contributed by atoms with Crippen molar-refractivity contribution in [1.82, 2.24) is 20.3 Å². The van der Waals surface area contributed by atoms with Crippen LogP contribution in [0.15, 0.2) is 6.20 Å². The highest BCUT2D eigenvalue weighted by molar-refractivity contribution is 5.94. The SMILES string of the molecule is CNCCCC(=O)c1cnnn1C. The Hall–Kier alpha value is -1.23. The van der Waals surface area contributed by atoms with Gasteiger partial charge in [0.1, 0.15) is 5.69 Å². The fourth-order valence-corrected chi connectivity index (χ4v) is 1.10. The highest BCUT2D eigenvalue weighted by Crippen LogP contribution is 2.01. The van der Waals surface area contributed by atoms with Gasteiger partial charge in [-0.25, -0.2) is 4.68 Å². The fraction of sp³-hybridized carbons (Fsp3) is 0.625. The van der Waals surface area contributed by atoms with Crippen molar-refractivity contribution in [2.75, 3.05) is 13.6 Å². The number of aromatic nitrogens is 3. The molecule has 0 atom stereocenters. The first kappa shape index (κ1) is 9.85. The standard InChI is InChI=1S/C8H14N4O/c1-9-5-3-4-8(13)7-6-10-11-12(7)2/h6,9H,3-5H2,1-2H3. The van der Waals surface area contributed by atoms with Crippen LogP contribution >= 0.6 is 0 Å². The van der Waals surface area contributed by atoms with E-state index < -0.39 is 0 Å². The van der Waals surface area contributed by atoms with E-state index >= 15 is 0 Å². The number of carbonyl (C=O) groups excluding carboxylic acids is 1. The third-order valence-electron chi connectivity index (χ3n) is 1.83. The van der Waals surface area contributed by atoms with E-state index in [9.17, 15) is 4.79 Å². The van der Waals surface area contributed by atoms with E-state index in [2.05, 4.69) is 15.6 Å². The van der Waals surface area contributed by atoms with Crippen LogP contribution in [0.3, 0.4) is 0 Å². The smallest absolute Gasteiger partial charge is 0.182 e. The molecule has 0 fully saturated rings. The lowest BCUT2D eigenvalue weighted by molar-refractivity contribution is 0.0971. The summed E-state index contributed by atoms with van der Waals surface area (Å²) in [5.41, 5.74) is 0.580. The van der Waals surface area contributed by atoms with Crippen molar-refractivity contribution in [3.8, 4) is 0 Å². The lowest BCUT2D eigenvalue weighted by Gasteiger charge is -1.99. The number of hydrogen-bond donors (Lipinski definition) is 1. The Morgan fingerprint density at radius 2 is 2.46 bits per heavy atom. The molecule has 0 saturated carbocycles. The predicted molar refractivity (Wildman–Crippen MR) is 48.5 cm³/mol. The van der Waals surface area contributed by atoms with Crippen molar-refractivity contribution >= 4 is 5.78 Å². The molecule has 0 bridgehead atoms. The normalized spacial score (nSPS) is 10.3. The first-order valence-corrected chi connectivity index (χ1v) is 4.28. The molecule has 0 aromatic carbocycles. The monoisotopic (exact) mass is 182 g/mol. The van der Waals surface area contributed by atoms with Gasteiger partial charge in [0.05, 0.1) is 6.20 Å². The van der Waals surface area contributed by atoms with E-state index in [0.29, 0.717) is 12.1 Å². The summed E-state index contributed by atoms with van der Waals surface area (Å²) in [5.74, 6) is 0.0998. The molecule has 1 aromatic rings. The van der Waals surface area contributed by atoms with E-state index in [4.69, 9.17) is 0 Å². The number of nitrogens with one attached hydrogen (secondary N) is 1. The number of ketones is 1. The van der Waals surface area contributed by atoms with E-state index in [1.54, 1.807) is 7.05 Å². The minimum absolute atomic E-state index is 0.0998. The number of carbonyl (C=O) groups is 1. The number of hydrogen-bond acceptors (Lipinski definition) is 4. The van der Waals surface area contributed by atoms with Crippen LogP contribution in [0.25, 0.3) is 0 Å². The van der Waals surface area contributed by atoms with Crippen molar-refractivity contribution < 1.29 is 4.79 Å². The first-order valence-electron chi connectivity index (χ1n) is 4.28. The van der Waals surface area contributed by atoms with Crippen LogP contribution in [0.1, 0.15) is 23.3 Å². The molecule has 0 aliphatic carbocycles. The summed E-state index contributed by atoms with van der Waals surface area (Å²) in [4.78, 5) is 11.5. The summed E-state index contributed by atoms with van der Waals surface area (Å²) < 4.78 is 1.50. The molecule has 0 aliphatic heterocycles. The van der Waals surface area contributed by atoms with Crippen LogP contribution < -0.4 is 5.32 Å². The van der Waals surface area contributed by atoms with E-state index in [0.717, 1.165) is 13.0 Å². The maximum absolute atomic E-state index is 11.5. The molecule has 0 amide bonds. The highest BCUT2D eigenvalue weighted by Gasteiger charge is 2.09. The van der Waals surface area contributed by atoms with Crippen molar-refractivity contribution in [3.63, 3.8) is 0 Å². The summed E-state index contributed by atoms with van der Waals surface area (Å²) in [6, 6.07) is 0. The predicted octanol–water partition coefficient (Wildman–Crippen LogP) is -0.00260. The molecule has 13 heavy (non-hydrogen) atoms. The molecule has 0 spiro atoms. The van der Waals surface area contributed by atoms with Gasteiger partial charge in [0.15, 0.2) is 5.78 Å². The summed E-state index contributed by atoms with van der Waals surface area (Å²) in [5, 5.41) is 10.3. The molecule has 5 nitrogen and oxygen atoms in total. The Labute approximate surface area is 77.1 Å². The van der Waals surface area contributed by atoms with Crippen LogP contribution in [-0.4, -0.2) is 34.4 Å². The van der Waals surface area contributed by atoms with Crippen LogP contribution in [0.4, 0.5) is 0 Å². The second-order valence-corrected chi connectivity index (χ2v) is 2.87. The average molecular weight is 182 g/mol. The molecule has 0 unspecified atom stereocenters. The van der Waals surface area contributed by atoms with E-state index in [-0.39, 0.29) is 5.78 Å². The Morgan fingerprint density at radius 3 is 3.00 bits per heavy atom. The number of aryl methyl sites for hydroxylation is 1. The minimum Gasteiger partial charge on any atom is -0.320 e. The number of nitrogens with zero attached hydrogens (tertiary/aromatic N) is 3. The molecule has 0 saturated heterocycles. The quantitative estimate of drug-likeness (QED) is 0.514. The lowest BCUT2D eigenvalue weighted by atomic mass is 10.2. The van der Waals surface area contributed by atoms with Gasteiger partial charge in [0.2, 0.25) is 0 Å². The maximum Gasteiger partial charge on any atom is 0.182 e. The van der Waals surface area contributed by atoms with Gasteiger partial charge < -0.3 is 5.32 Å². The minimum atomic E-state index is 0.0998. The molecular formula is C8H14N4O. The van der Waals surface area contributed by atoms with Gasteiger partial charge in [-0.15, -0.1) is 5.10 Å². The Balaban J connectivity index is 2.45. The number of Topliss-reactive ketones (excluding diaryl/α,β-unsaturated/α-hetero) is 1. The summed E-state index contributed by atoms with van der Waals surface area (Å²) >= 11 is 0. The van der Waals surface area contributed by atoms with Crippen molar-refractivity contribution in [1.29, 1.82) is 0 Å².